The van der Waals surface area contributed by atoms with Crippen molar-refractivity contribution >= 4 is 9.84 Å². The molecule has 1 saturated carbocycles. The Morgan fingerprint density at radius 3 is 2.47 bits per heavy atom. The highest BCUT2D eigenvalue weighted by Crippen LogP contribution is 2.32. The first-order valence-corrected chi connectivity index (χ1v) is 7.27. The summed E-state index contributed by atoms with van der Waals surface area (Å²) in [7, 11) is -2.80. The predicted octanol–water partition coefficient (Wildman–Crippen LogP) is 0.552. The Morgan fingerprint density at radius 2 is 2.00 bits per heavy atom. The van der Waals surface area contributed by atoms with Crippen LogP contribution in [0.15, 0.2) is 0 Å². The Kier molecular flexibility index (Phi) is 2.98. The van der Waals surface area contributed by atoms with Gasteiger partial charge in [0, 0.05) is 25.0 Å². The molecule has 1 unspecified atom stereocenters. The Morgan fingerprint density at radius 1 is 1.27 bits per heavy atom. The van der Waals surface area contributed by atoms with Crippen LogP contribution in [0.5, 0.6) is 0 Å². The van der Waals surface area contributed by atoms with Crippen LogP contribution in [-0.4, -0.2) is 43.5 Å². The van der Waals surface area contributed by atoms with Gasteiger partial charge in [-0.1, -0.05) is 0 Å². The molecule has 4 nitrogen and oxygen atoms in total. The monoisotopic (exact) mass is 228 g/mol. The van der Waals surface area contributed by atoms with Gasteiger partial charge in [-0.2, -0.15) is 5.26 Å². The quantitative estimate of drug-likeness (QED) is 0.705. The van der Waals surface area contributed by atoms with E-state index in [4.69, 9.17) is 5.26 Å². The Hall–Kier alpha value is -0.600. The second kappa shape index (κ2) is 4.11. The highest BCUT2D eigenvalue weighted by atomic mass is 32.2. The van der Waals surface area contributed by atoms with Crippen LogP contribution >= 0.6 is 0 Å². The van der Waals surface area contributed by atoms with Crippen molar-refractivity contribution < 1.29 is 8.42 Å². The minimum absolute atomic E-state index is 0.177. The third-order valence-corrected chi connectivity index (χ3v) is 4.93. The number of rotatable bonds is 4. The molecule has 2 aliphatic rings. The van der Waals surface area contributed by atoms with Crippen LogP contribution in [0, 0.1) is 11.3 Å². The van der Waals surface area contributed by atoms with Gasteiger partial charge < -0.3 is 0 Å². The van der Waals surface area contributed by atoms with Gasteiger partial charge in [-0.3, -0.25) is 4.90 Å². The summed E-state index contributed by atoms with van der Waals surface area (Å²) >= 11 is 0. The van der Waals surface area contributed by atoms with Crippen LogP contribution < -0.4 is 0 Å². The number of sulfone groups is 1. The standard InChI is InChI=1S/C10H16N2O2S/c11-5-1-6-12(9-2-3-9)10-4-7-15(13,14)8-10/h9-10H,1-4,6-8H2. The lowest BCUT2D eigenvalue weighted by Gasteiger charge is -2.26. The number of hydrogen-bond acceptors (Lipinski definition) is 4. The first-order valence-electron chi connectivity index (χ1n) is 5.45. The van der Waals surface area contributed by atoms with E-state index in [0.29, 0.717) is 24.0 Å². The molecular weight excluding hydrogens is 212 g/mol. The molecule has 1 aliphatic heterocycles. The van der Waals surface area contributed by atoms with Gasteiger partial charge in [0.2, 0.25) is 0 Å². The van der Waals surface area contributed by atoms with Gasteiger partial charge >= 0.3 is 0 Å². The fourth-order valence-electron chi connectivity index (χ4n) is 2.29. The molecule has 0 amide bonds. The highest BCUT2D eigenvalue weighted by molar-refractivity contribution is 7.91. The summed E-state index contributed by atoms with van der Waals surface area (Å²) in [5, 5.41) is 8.57. The fourth-order valence-corrected chi connectivity index (χ4v) is 4.03. The molecule has 1 heterocycles. The van der Waals surface area contributed by atoms with Gasteiger partial charge in [-0.25, -0.2) is 8.42 Å². The predicted molar refractivity (Wildman–Crippen MR) is 57.0 cm³/mol. The summed E-state index contributed by atoms with van der Waals surface area (Å²) < 4.78 is 22.7. The van der Waals surface area contributed by atoms with Gasteiger partial charge in [0.1, 0.15) is 0 Å². The maximum absolute atomic E-state index is 11.4. The molecule has 0 bridgehead atoms. The molecule has 5 heteroatoms. The minimum atomic E-state index is -2.80. The van der Waals surface area contributed by atoms with Crippen molar-refractivity contribution in [2.45, 2.75) is 37.8 Å². The van der Waals surface area contributed by atoms with Crippen molar-refractivity contribution in [2.24, 2.45) is 0 Å². The van der Waals surface area contributed by atoms with E-state index in [1.54, 1.807) is 0 Å². The summed E-state index contributed by atoms with van der Waals surface area (Å²) in [5.74, 6) is 0.627. The van der Waals surface area contributed by atoms with E-state index >= 15 is 0 Å². The van der Waals surface area contributed by atoms with Crippen molar-refractivity contribution in [2.75, 3.05) is 18.1 Å². The Bertz CT molecular complexity index is 367. The normalized spacial score (nSPS) is 29.2. The maximum atomic E-state index is 11.4. The zero-order chi connectivity index (χ0) is 10.9. The Balaban J connectivity index is 1.97. The molecule has 2 fully saturated rings. The molecule has 0 aromatic rings. The smallest absolute Gasteiger partial charge is 0.151 e. The topological polar surface area (TPSA) is 61.2 Å². The first kappa shape index (κ1) is 10.9. The van der Waals surface area contributed by atoms with Crippen molar-refractivity contribution in [3.63, 3.8) is 0 Å². The van der Waals surface area contributed by atoms with Crippen LogP contribution in [0.4, 0.5) is 0 Å². The summed E-state index contributed by atoms with van der Waals surface area (Å²) in [5.41, 5.74) is 0. The zero-order valence-electron chi connectivity index (χ0n) is 8.72. The lowest BCUT2D eigenvalue weighted by atomic mass is 10.2. The molecule has 1 aliphatic carbocycles. The van der Waals surface area contributed by atoms with Crippen molar-refractivity contribution in [1.82, 2.24) is 4.90 Å². The van der Waals surface area contributed by atoms with Crippen LogP contribution in [0.2, 0.25) is 0 Å². The molecule has 0 spiro atoms. The van der Waals surface area contributed by atoms with Gasteiger partial charge in [-0.15, -0.1) is 0 Å². The molecule has 2 rings (SSSR count). The SMILES string of the molecule is N#CCCN(C1CC1)C1CCS(=O)(=O)C1. The fraction of sp³-hybridized carbons (Fsp3) is 0.900. The number of nitrogens with zero attached hydrogens (tertiary/aromatic N) is 2. The van der Waals surface area contributed by atoms with Crippen molar-refractivity contribution in [3.05, 3.63) is 0 Å². The van der Waals surface area contributed by atoms with Crippen LogP contribution in [0.25, 0.3) is 0 Å². The van der Waals surface area contributed by atoms with E-state index in [0.717, 1.165) is 13.0 Å². The molecule has 0 aromatic carbocycles. The Labute approximate surface area is 90.8 Å². The van der Waals surface area contributed by atoms with E-state index in [-0.39, 0.29) is 6.04 Å². The summed E-state index contributed by atoms with van der Waals surface area (Å²) in [6.45, 7) is 0.737. The lowest BCUT2D eigenvalue weighted by molar-refractivity contribution is 0.207. The van der Waals surface area contributed by atoms with Crippen LogP contribution in [0.3, 0.4) is 0 Å². The molecule has 84 valence electrons. The van der Waals surface area contributed by atoms with Gasteiger partial charge in [0.05, 0.1) is 17.6 Å². The minimum Gasteiger partial charge on any atom is -0.295 e. The molecule has 0 N–H and O–H groups in total. The molecule has 15 heavy (non-hydrogen) atoms. The molecule has 0 radical (unpaired) electrons. The maximum Gasteiger partial charge on any atom is 0.151 e. The second-order valence-electron chi connectivity index (χ2n) is 4.43. The molecule has 1 atom stereocenters. The van der Waals surface area contributed by atoms with Crippen molar-refractivity contribution in [3.8, 4) is 6.07 Å². The number of hydrogen-bond donors (Lipinski definition) is 0. The average Bonchev–Trinajstić information content (AvgIpc) is 2.93. The van der Waals surface area contributed by atoms with Gasteiger partial charge in [0.25, 0.3) is 0 Å². The third-order valence-electron chi connectivity index (χ3n) is 3.18. The summed E-state index contributed by atoms with van der Waals surface area (Å²) in [6.07, 6.45) is 3.60. The van der Waals surface area contributed by atoms with E-state index in [9.17, 15) is 8.42 Å². The average molecular weight is 228 g/mol. The second-order valence-corrected chi connectivity index (χ2v) is 6.66. The third kappa shape index (κ3) is 2.70. The van der Waals surface area contributed by atoms with E-state index in [2.05, 4.69) is 11.0 Å². The van der Waals surface area contributed by atoms with Gasteiger partial charge in [0.15, 0.2) is 9.84 Å². The molecule has 0 aromatic heterocycles. The van der Waals surface area contributed by atoms with Gasteiger partial charge in [-0.05, 0) is 19.3 Å². The lowest BCUT2D eigenvalue weighted by Crippen LogP contribution is -2.38. The first-order chi connectivity index (χ1) is 7.12. The van der Waals surface area contributed by atoms with Crippen LogP contribution in [-0.2, 0) is 9.84 Å². The van der Waals surface area contributed by atoms with E-state index in [1.807, 2.05) is 0 Å². The van der Waals surface area contributed by atoms with Crippen LogP contribution in [0.1, 0.15) is 25.7 Å². The number of nitriles is 1. The van der Waals surface area contributed by atoms with E-state index < -0.39 is 9.84 Å². The summed E-state index contributed by atoms with van der Waals surface area (Å²) in [6, 6.07) is 2.86. The summed E-state index contributed by atoms with van der Waals surface area (Å²) in [4.78, 5) is 2.24. The molecule has 1 saturated heterocycles. The van der Waals surface area contributed by atoms with Crippen molar-refractivity contribution in [1.29, 1.82) is 5.26 Å². The molecular formula is C10H16N2O2S. The van der Waals surface area contributed by atoms with E-state index in [1.165, 1.54) is 12.8 Å². The highest BCUT2D eigenvalue weighted by Gasteiger charge is 2.38. The zero-order valence-corrected chi connectivity index (χ0v) is 9.54. The largest absolute Gasteiger partial charge is 0.295 e.